The first kappa shape index (κ1) is 12.3. The molecule has 0 spiro atoms. The van der Waals surface area contributed by atoms with Gasteiger partial charge in [-0.15, -0.1) is 0 Å². The fourth-order valence-electron chi connectivity index (χ4n) is 1.83. The zero-order valence-corrected chi connectivity index (χ0v) is 10.1. The summed E-state index contributed by atoms with van der Waals surface area (Å²) in [6.07, 6.45) is 0.665. The molecule has 1 aliphatic rings. The molecule has 5 heteroatoms. The van der Waals surface area contributed by atoms with Crippen molar-refractivity contribution in [3.63, 3.8) is 0 Å². The summed E-state index contributed by atoms with van der Waals surface area (Å²) in [5.41, 5.74) is 0.844. The lowest BCUT2D eigenvalue weighted by molar-refractivity contribution is -0.139. The smallest absolute Gasteiger partial charge is 0.323 e. The van der Waals surface area contributed by atoms with Gasteiger partial charge in [-0.25, -0.2) is 4.39 Å². The predicted octanol–water partition coefficient (Wildman–Crippen LogP) is 2.45. The molecule has 0 radical (unpaired) electrons. The number of benzene rings is 1. The zero-order valence-electron chi connectivity index (χ0n) is 9.37. The summed E-state index contributed by atoms with van der Waals surface area (Å²) in [7, 11) is 0. The third-order valence-corrected chi connectivity index (χ3v) is 3.12. The third kappa shape index (κ3) is 2.76. The van der Waals surface area contributed by atoms with Gasteiger partial charge in [0, 0.05) is 12.5 Å². The van der Waals surface area contributed by atoms with E-state index in [1.807, 2.05) is 6.92 Å². The molecule has 1 N–H and O–H groups in total. The second-order valence-corrected chi connectivity index (χ2v) is 4.48. The van der Waals surface area contributed by atoms with Crippen LogP contribution in [0.5, 0.6) is 0 Å². The average Bonchev–Trinajstić information content (AvgIpc) is 2.68. The Labute approximate surface area is 104 Å². The van der Waals surface area contributed by atoms with Gasteiger partial charge in [-0.3, -0.25) is 10.1 Å². The van der Waals surface area contributed by atoms with E-state index in [1.165, 1.54) is 6.07 Å². The molecule has 0 amide bonds. The van der Waals surface area contributed by atoms with Gasteiger partial charge in [-0.1, -0.05) is 17.7 Å². The first-order chi connectivity index (χ1) is 8.08. The van der Waals surface area contributed by atoms with Gasteiger partial charge in [0.15, 0.2) is 0 Å². The van der Waals surface area contributed by atoms with E-state index in [9.17, 15) is 9.18 Å². The number of halogens is 2. The molecule has 3 nitrogen and oxygen atoms in total. The number of rotatable bonds is 3. The minimum atomic E-state index is -0.442. The van der Waals surface area contributed by atoms with E-state index >= 15 is 0 Å². The van der Waals surface area contributed by atoms with E-state index in [0.717, 1.165) is 5.56 Å². The maximum atomic E-state index is 13.0. The Morgan fingerprint density at radius 1 is 1.59 bits per heavy atom. The minimum Gasteiger partial charge on any atom is -0.464 e. The van der Waals surface area contributed by atoms with Crippen molar-refractivity contribution in [2.45, 2.75) is 25.4 Å². The summed E-state index contributed by atoms with van der Waals surface area (Å²) < 4.78 is 17.9. The first-order valence-electron chi connectivity index (χ1n) is 5.45. The van der Waals surface area contributed by atoms with Crippen molar-refractivity contribution in [2.75, 3.05) is 6.61 Å². The van der Waals surface area contributed by atoms with Crippen molar-refractivity contribution in [1.29, 1.82) is 0 Å². The molecular weight excluding hydrogens is 245 g/mol. The largest absolute Gasteiger partial charge is 0.464 e. The number of carbonyl (C=O) groups is 1. The van der Waals surface area contributed by atoms with Gasteiger partial charge in [0.1, 0.15) is 11.9 Å². The molecule has 17 heavy (non-hydrogen) atoms. The molecule has 1 heterocycles. The van der Waals surface area contributed by atoms with E-state index in [1.54, 1.807) is 12.1 Å². The van der Waals surface area contributed by atoms with Crippen LogP contribution < -0.4 is 5.32 Å². The number of hydrogen-bond donors (Lipinski definition) is 1. The van der Waals surface area contributed by atoms with Crippen molar-refractivity contribution < 1.29 is 13.9 Å². The van der Waals surface area contributed by atoms with Crippen LogP contribution in [0.1, 0.15) is 24.9 Å². The number of esters is 1. The second-order valence-electron chi connectivity index (χ2n) is 4.07. The fourth-order valence-corrected chi connectivity index (χ4v) is 2.02. The van der Waals surface area contributed by atoms with Crippen LogP contribution in [0.2, 0.25) is 5.02 Å². The summed E-state index contributed by atoms with van der Waals surface area (Å²) >= 11 is 5.71. The number of carbonyl (C=O) groups excluding carboxylic acids is 1. The van der Waals surface area contributed by atoms with E-state index in [2.05, 4.69) is 5.32 Å². The molecular formula is C12H13ClFNO2. The van der Waals surface area contributed by atoms with Crippen LogP contribution in [0.4, 0.5) is 4.39 Å². The van der Waals surface area contributed by atoms with Gasteiger partial charge in [-0.05, 0) is 24.6 Å². The number of hydrogen-bond acceptors (Lipinski definition) is 3. The quantitative estimate of drug-likeness (QED) is 0.846. The molecule has 0 aromatic heterocycles. The maximum Gasteiger partial charge on any atom is 0.323 e. The Morgan fingerprint density at radius 2 is 2.35 bits per heavy atom. The topological polar surface area (TPSA) is 38.3 Å². The standard InChI is InChI=1S/C12H13ClFNO2/c1-7(15-11-4-5-17-12(11)16)8-2-3-10(14)9(13)6-8/h2-3,6-7,11,15H,4-5H2,1H3. The number of cyclic esters (lactones) is 1. The average molecular weight is 258 g/mol. The van der Waals surface area contributed by atoms with E-state index in [0.29, 0.717) is 13.0 Å². The summed E-state index contributed by atoms with van der Waals surface area (Å²) in [4.78, 5) is 11.3. The van der Waals surface area contributed by atoms with Crippen molar-refractivity contribution in [1.82, 2.24) is 5.32 Å². The van der Waals surface area contributed by atoms with Gasteiger partial charge >= 0.3 is 5.97 Å². The van der Waals surface area contributed by atoms with E-state index < -0.39 is 5.82 Å². The Bertz CT molecular complexity index is 439. The van der Waals surface area contributed by atoms with Crippen molar-refractivity contribution in [2.24, 2.45) is 0 Å². The molecule has 0 saturated carbocycles. The van der Waals surface area contributed by atoms with Gasteiger partial charge in [0.2, 0.25) is 0 Å². The molecule has 1 aliphatic heterocycles. The number of ether oxygens (including phenoxy) is 1. The minimum absolute atomic E-state index is 0.0799. The summed E-state index contributed by atoms with van der Waals surface area (Å²) in [6.45, 7) is 2.35. The molecule has 0 bridgehead atoms. The highest BCUT2D eigenvalue weighted by Crippen LogP contribution is 2.22. The highest BCUT2D eigenvalue weighted by molar-refractivity contribution is 6.30. The molecule has 2 unspecified atom stereocenters. The predicted molar refractivity (Wildman–Crippen MR) is 62.3 cm³/mol. The van der Waals surface area contributed by atoms with Crippen molar-refractivity contribution >= 4 is 17.6 Å². The highest BCUT2D eigenvalue weighted by Gasteiger charge is 2.27. The van der Waals surface area contributed by atoms with Crippen molar-refractivity contribution in [3.05, 3.63) is 34.6 Å². The molecule has 0 aliphatic carbocycles. The Balaban J connectivity index is 2.06. The summed E-state index contributed by atoms with van der Waals surface area (Å²) in [5.74, 6) is -0.673. The van der Waals surface area contributed by atoms with Gasteiger partial charge in [0.25, 0.3) is 0 Å². The SMILES string of the molecule is CC(NC1CCOC1=O)c1ccc(F)c(Cl)c1. The van der Waals surface area contributed by atoms with Crippen molar-refractivity contribution in [3.8, 4) is 0 Å². The molecule has 1 saturated heterocycles. The highest BCUT2D eigenvalue weighted by atomic mass is 35.5. The Kier molecular flexibility index (Phi) is 3.64. The van der Waals surface area contributed by atoms with E-state index in [4.69, 9.17) is 16.3 Å². The van der Waals surface area contributed by atoms with Gasteiger partial charge in [0.05, 0.1) is 11.6 Å². The van der Waals surface area contributed by atoms with Gasteiger partial charge in [-0.2, -0.15) is 0 Å². The molecule has 2 rings (SSSR count). The molecule has 1 aromatic carbocycles. The summed E-state index contributed by atoms with van der Waals surface area (Å²) in [5, 5.41) is 3.22. The molecule has 1 aromatic rings. The van der Waals surface area contributed by atoms with Crippen LogP contribution in [0, 0.1) is 5.82 Å². The normalized spacial score (nSPS) is 21.4. The monoisotopic (exact) mass is 257 g/mol. The van der Waals surface area contributed by atoms with Crippen LogP contribution in [-0.2, 0) is 9.53 Å². The van der Waals surface area contributed by atoms with Crippen LogP contribution in [0.15, 0.2) is 18.2 Å². The fraction of sp³-hybridized carbons (Fsp3) is 0.417. The lowest BCUT2D eigenvalue weighted by Crippen LogP contribution is -2.35. The maximum absolute atomic E-state index is 13.0. The lowest BCUT2D eigenvalue weighted by atomic mass is 10.1. The first-order valence-corrected chi connectivity index (χ1v) is 5.83. The van der Waals surface area contributed by atoms with Gasteiger partial charge < -0.3 is 4.74 Å². The van der Waals surface area contributed by atoms with Crippen LogP contribution in [0.3, 0.4) is 0 Å². The van der Waals surface area contributed by atoms with Crippen LogP contribution in [0.25, 0.3) is 0 Å². The second kappa shape index (κ2) is 5.02. The molecule has 92 valence electrons. The Hall–Kier alpha value is -1.13. The number of nitrogens with one attached hydrogen (secondary N) is 1. The molecule has 1 fully saturated rings. The van der Waals surface area contributed by atoms with Crippen LogP contribution in [-0.4, -0.2) is 18.6 Å². The van der Waals surface area contributed by atoms with E-state index in [-0.39, 0.29) is 23.1 Å². The lowest BCUT2D eigenvalue weighted by Gasteiger charge is -2.17. The van der Waals surface area contributed by atoms with Crippen LogP contribution >= 0.6 is 11.6 Å². The Morgan fingerprint density at radius 3 is 2.94 bits per heavy atom. The summed E-state index contributed by atoms with van der Waals surface area (Å²) in [6, 6.07) is 4.18. The third-order valence-electron chi connectivity index (χ3n) is 2.83. The molecule has 2 atom stereocenters. The zero-order chi connectivity index (χ0) is 12.4.